The Hall–Kier alpha value is -1.39. The molecule has 0 aromatic heterocycles. The van der Waals surface area contributed by atoms with E-state index in [1.165, 1.54) is 6.34 Å². The van der Waals surface area contributed by atoms with Crippen molar-refractivity contribution in [3.8, 4) is 0 Å². The quantitative estimate of drug-likeness (QED) is 0.403. The molecule has 1 aromatic carbocycles. The van der Waals surface area contributed by atoms with Gasteiger partial charge >= 0.3 is 0 Å². The highest BCUT2D eigenvalue weighted by Gasteiger charge is 2.25. The normalized spacial score (nSPS) is 24.8. The molecule has 0 radical (unpaired) electrons. The number of hydrogen-bond acceptors (Lipinski definition) is 3. The molecule has 4 heteroatoms. The zero-order chi connectivity index (χ0) is 9.47. The number of nitrogens with zero attached hydrogens (tertiary/aromatic N) is 2. The number of anilines is 1. The van der Waals surface area contributed by atoms with Crippen LogP contribution in [0.3, 0.4) is 0 Å². The lowest BCUT2D eigenvalue weighted by molar-refractivity contribution is 0.597. The molecule has 1 heterocycles. The van der Waals surface area contributed by atoms with E-state index in [0.29, 0.717) is 23.6 Å². The highest BCUT2D eigenvalue weighted by Crippen LogP contribution is 2.38. The number of hydroxylamine groups is 2. The van der Waals surface area contributed by atoms with Crippen molar-refractivity contribution in [2.45, 2.75) is 6.92 Å². The third kappa shape index (κ3) is 1.11. The molecule has 0 saturated heterocycles. The summed E-state index contributed by atoms with van der Waals surface area (Å²) in [6.07, 6.45) is 1.41. The lowest BCUT2D eigenvalue weighted by Crippen LogP contribution is -2.38. The molecule has 1 aliphatic rings. The van der Waals surface area contributed by atoms with Crippen molar-refractivity contribution in [3.05, 3.63) is 23.4 Å². The number of benzene rings is 1. The number of quaternary nitrogens is 1. The highest BCUT2D eigenvalue weighted by atomic mass is 16.5. The van der Waals surface area contributed by atoms with Gasteiger partial charge < -0.3 is 10.9 Å². The Morgan fingerprint density at radius 2 is 2.31 bits per heavy atom. The van der Waals surface area contributed by atoms with Gasteiger partial charge in [0.15, 0.2) is 12.0 Å². The number of nitrogens with two attached hydrogens (primary N) is 1. The van der Waals surface area contributed by atoms with Gasteiger partial charge in [-0.15, -0.1) is 0 Å². The average Bonchev–Trinajstić information content (AvgIpc) is 2.45. The van der Waals surface area contributed by atoms with Gasteiger partial charge in [0.05, 0.1) is 6.54 Å². The number of rotatable bonds is 1. The minimum atomic E-state index is -0.477. The molecular weight excluding hydrogens is 166 g/mol. The first-order valence-electron chi connectivity index (χ1n) is 4.20. The first kappa shape index (κ1) is 8.22. The van der Waals surface area contributed by atoms with Crippen LogP contribution in [-0.2, 0) is 0 Å². The Kier molecular flexibility index (Phi) is 1.61. The van der Waals surface area contributed by atoms with Crippen LogP contribution in [0.2, 0.25) is 0 Å². The second-order valence-corrected chi connectivity index (χ2v) is 3.10. The largest absolute Gasteiger partial charge is 0.621 e. The molecule has 13 heavy (non-hydrogen) atoms. The van der Waals surface area contributed by atoms with E-state index in [-0.39, 0.29) is 0 Å². The predicted molar refractivity (Wildman–Crippen MR) is 54.7 cm³/mol. The first-order chi connectivity index (χ1) is 6.15. The molecule has 1 atom stereocenters. The van der Waals surface area contributed by atoms with Gasteiger partial charge in [-0.2, -0.15) is 4.99 Å². The van der Waals surface area contributed by atoms with Crippen molar-refractivity contribution in [1.82, 2.24) is 4.65 Å². The summed E-state index contributed by atoms with van der Waals surface area (Å²) < 4.78 is -0.477. The van der Waals surface area contributed by atoms with Gasteiger partial charge in [0.25, 0.3) is 0 Å². The van der Waals surface area contributed by atoms with E-state index in [2.05, 4.69) is 4.99 Å². The van der Waals surface area contributed by atoms with Gasteiger partial charge in [-0.3, -0.25) is 4.65 Å². The lowest BCUT2D eigenvalue weighted by atomic mass is 10.2. The second-order valence-electron chi connectivity index (χ2n) is 3.10. The fourth-order valence-corrected chi connectivity index (χ4v) is 1.43. The Morgan fingerprint density at radius 1 is 1.54 bits per heavy atom. The fraction of sp³-hybridized carbons (Fsp3) is 0.222. The first-order valence-corrected chi connectivity index (χ1v) is 4.20. The fourth-order valence-electron chi connectivity index (χ4n) is 1.43. The van der Waals surface area contributed by atoms with Crippen LogP contribution < -0.4 is 10.4 Å². The van der Waals surface area contributed by atoms with Crippen molar-refractivity contribution in [3.63, 3.8) is 0 Å². The minimum Gasteiger partial charge on any atom is -0.621 e. The molecule has 1 unspecified atom stereocenters. The molecule has 2 rings (SSSR count). The zero-order valence-electron chi connectivity index (χ0n) is 7.40. The molecule has 1 aromatic rings. The molecule has 0 spiro atoms. The Balaban J connectivity index is 2.55. The maximum absolute atomic E-state index is 12.0. The van der Waals surface area contributed by atoms with E-state index in [0.717, 1.165) is 0 Å². The summed E-state index contributed by atoms with van der Waals surface area (Å²) in [5.41, 5.74) is 7.59. The van der Waals surface area contributed by atoms with Crippen LogP contribution in [0.15, 0.2) is 23.2 Å². The Morgan fingerprint density at radius 3 is 3.00 bits per heavy atom. The van der Waals surface area contributed by atoms with Crippen LogP contribution in [0.25, 0.3) is 0 Å². The average molecular weight is 177 g/mol. The summed E-state index contributed by atoms with van der Waals surface area (Å²) in [6, 6.07) is 5.20. The predicted octanol–water partition coefficient (Wildman–Crippen LogP) is 1.77. The van der Waals surface area contributed by atoms with E-state index in [4.69, 9.17) is 5.73 Å². The van der Waals surface area contributed by atoms with Crippen molar-refractivity contribution >= 4 is 23.4 Å². The Labute approximate surface area is 76.5 Å². The van der Waals surface area contributed by atoms with Gasteiger partial charge in [-0.05, 0) is 19.1 Å². The van der Waals surface area contributed by atoms with Crippen LogP contribution in [0.5, 0.6) is 0 Å². The zero-order valence-corrected chi connectivity index (χ0v) is 7.40. The van der Waals surface area contributed by atoms with Gasteiger partial charge in [0, 0.05) is 11.8 Å². The van der Waals surface area contributed by atoms with E-state index in [1.807, 2.05) is 6.92 Å². The van der Waals surface area contributed by atoms with Gasteiger partial charge in [-0.25, -0.2) is 0 Å². The highest BCUT2D eigenvalue weighted by molar-refractivity contribution is 5.90. The van der Waals surface area contributed by atoms with E-state index < -0.39 is 4.65 Å². The number of aliphatic imine (C=N–C) groups is 1. The number of hydrogen-bond donors (Lipinski definition) is 1. The van der Waals surface area contributed by atoms with Crippen LogP contribution in [-0.4, -0.2) is 12.9 Å². The monoisotopic (exact) mass is 177 g/mol. The second kappa shape index (κ2) is 2.55. The molecule has 4 nitrogen and oxygen atoms in total. The van der Waals surface area contributed by atoms with Crippen LogP contribution >= 0.6 is 0 Å². The van der Waals surface area contributed by atoms with Crippen molar-refractivity contribution in [2.24, 2.45) is 4.99 Å². The van der Waals surface area contributed by atoms with Crippen molar-refractivity contribution in [1.29, 1.82) is 0 Å². The maximum Gasteiger partial charge on any atom is 0.195 e. The summed E-state index contributed by atoms with van der Waals surface area (Å²) >= 11 is 0. The maximum atomic E-state index is 12.0. The van der Waals surface area contributed by atoms with Gasteiger partial charge in [-0.1, -0.05) is 0 Å². The molecule has 0 amide bonds. The third-order valence-corrected chi connectivity index (χ3v) is 2.26. The topological polar surface area (TPSA) is 61.4 Å². The molecule has 0 fully saturated rings. The summed E-state index contributed by atoms with van der Waals surface area (Å²) in [5.74, 6) is 0. The summed E-state index contributed by atoms with van der Waals surface area (Å²) in [4.78, 5) is 4.04. The molecule has 0 saturated carbocycles. The van der Waals surface area contributed by atoms with Gasteiger partial charge in [0.2, 0.25) is 0 Å². The lowest BCUT2D eigenvalue weighted by Gasteiger charge is -2.32. The molecule has 68 valence electrons. The number of fused-ring (bicyclic) bond motifs is 1. The van der Waals surface area contributed by atoms with Crippen molar-refractivity contribution in [2.75, 3.05) is 12.3 Å². The standard InChI is InChI=1S/C9H11N3O/c1-2-12(13)6-11-8-5-7(10)3-4-9(8)12/h3-6H,2,10H2,1H3. The van der Waals surface area contributed by atoms with E-state index in [9.17, 15) is 5.21 Å². The SMILES string of the molecule is CC[N+]1([O-])C=Nc2cc(N)ccc21. The smallest absolute Gasteiger partial charge is 0.195 e. The summed E-state index contributed by atoms with van der Waals surface area (Å²) in [5, 5.41) is 12.0. The third-order valence-electron chi connectivity index (χ3n) is 2.26. The van der Waals surface area contributed by atoms with Crippen LogP contribution in [0.1, 0.15) is 6.92 Å². The molecule has 0 aliphatic carbocycles. The molecule has 0 bridgehead atoms. The molecular formula is C9H11N3O. The van der Waals surface area contributed by atoms with E-state index >= 15 is 0 Å². The van der Waals surface area contributed by atoms with Gasteiger partial charge in [0.1, 0.15) is 5.69 Å². The Bertz CT molecular complexity index is 375. The summed E-state index contributed by atoms with van der Waals surface area (Å²) in [6.45, 7) is 2.30. The van der Waals surface area contributed by atoms with Crippen LogP contribution in [0.4, 0.5) is 17.1 Å². The van der Waals surface area contributed by atoms with Crippen molar-refractivity contribution < 1.29 is 0 Å². The number of nitrogen functional groups attached to an aromatic ring is 1. The molecule has 2 N–H and O–H groups in total. The molecule has 1 aliphatic heterocycles. The van der Waals surface area contributed by atoms with E-state index in [1.54, 1.807) is 18.2 Å². The van der Waals surface area contributed by atoms with Crippen LogP contribution in [0, 0.1) is 5.21 Å². The minimum absolute atomic E-state index is 0.459. The summed E-state index contributed by atoms with van der Waals surface area (Å²) in [7, 11) is 0.